The van der Waals surface area contributed by atoms with E-state index in [1.54, 1.807) is 3.28 Å². The van der Waals surface area contributed by atoms with E-state index in [2.05, 4.69) is 157 Å². The van der Waals surface area contributed by atoms with Crippen molar-refractivity contribution in [3.05, 3.63) is 163 Å². The first-order chi connectivity index (χ1) is 21.5. The fraction of sp³-hybridized carbons (Fsp3) is 0.233. The Morgan fingerprint density at radius 2 is 1.28 bits per heavy atom. The first kappa shape index (κ1) is 35.8. The van der Waals surface area contributed by atoms with Crippen molar-refractivity contribution >= 4 is 25.6 Å². The Morgan fingerprint density at radius 1 is 0.681 bits per heavy atom. The zero-order chi connectivity index (χ0) is 31.5. The molecule has 0 atom stereocenters. The molecule has 0 bridgehead atoms. The second-order valence-corrected chi connectivity index (χ2v) is 21.4. The van der Waals surface area contributed by atoms with Crippen LogP contribution in [0.5, 0.6) is 0 Å². The molecule has 238 valence electrons. The van der Waals surface area contributed by atoms with Gasteiger partial charge in [0.15, 0.2) is 0 Å². The number of fused-ring (bicyclic) bond motifs is 4. The van der Waals surface area contributed by atoms with Crippen LogP contribution in [0.15, 0.2) is 125 Å². The van der Waals surface area contributed by atoms with E-state index in [4.69, 9.17) is 11.6 Å². The molecule has 0 saturated carbocycles. The Bertz CT molecular complexity index is 2000. The summed E-state index contributed by atoms with van der Waals surface area (Å²) in [6.07, 6.45) is 8.15. The summed E-state index contributed by atoms with van der Waals surface area (Å²) in [5.41, 5.74) is 11.5. The summed E-state index contributed by atoms with van der Waals surface area (Å²) in [6, 6.07) is 39.2. The van der Waals surface area contributed by atoms with E-state index in [9.17, 15) is 0 Å². The predicted molar refractivity (Wildman–Crippen MR) is 192 cm³/mol. The Labute approximate surface area is 305 Å². The van der Waals surface area contributed by atoms with Crippen molar-refractivity contribution in [3.8, 4) is 11.1 Å². The molecule has 4 heteroatoms. The van der Waals surface area contributed by atoms with Crippen LogP contribution in [-0.4, -0.2) is 3.21 Å². The molecule has 2 aliphatic rings. The maximum atomic E-state index is 6.80. The smallest absolute Gasteiger partial charge is 1.00 e. The molecule has 5 aromatic carbocycles. The van der Waals surface area contributed by atoms with Gasteiger partial charge in [0.2, 0.25) is 0 Å². The Hall–Kier alpha value is -2.54. The molecule has 0 unspecified atom stereocenters. The van der Waals surface area contributed by atoms with Gasteiger partial charge in [-0.25, -0.2) is 0 Å². The molecule has 47 heavy (non-hydrogen) atoms. The molecule has 0 aliphatic heterocycles. The summed E-state index contributed by atoms with van der Waals surface area (Å²) in [5.74, 6) is 0. The zero-order valence-corrected chi connectivity index (χ0v) is 32.7. The molecular weight excluding hydrogens is 714 g/mol. The molecule has 0 heterocycles. The van der Waals surface area contributed by atoms with Crippen molar-refractivity contribution in [2.45, 2.75) is 62.4 Å². The van der Waals surface area contributed by atoms with Gasteiger partial charge >= 0.3 is 283 Å². The second-order valence-electron chi connectivity index (χ2n) is 14.7. The third-order valence-corrected chi connectivity index (χ3v) is 18.1. The van der Waals surface area contributed by atoms with Crippen molar-refractivity contribution in [2.75, 3.05) is 0 Å². The van der Waals surface area contributed by atoms with E-state index in [1.165, 1.54) is 58.5 Å². The van der Waals surface area contributed by atoms with Crippen molar-refractivity contribution in [1.82, 2.24) is 0 Å². The summed E-state index contributed by atoms with van der Waals surface area (Å²) in [5, 5.41) is 3.40. The molecule has 0 aromatic heterocycles. The van der Waals surface area contributed by atoms with Crippen LogP contribution in [0.25, 0.3) is 21.9 Å². The third-order valence-electron chi connectivity index (χ3n) is 9.59. The van der Waals surface area contributed by atoms with Crippen molar-refractivity contribution in [2.24, 2.45) is 0 Å². The average molecular weight is 755 g/mol. The van der Waals surface area contributed by atoms with Gasteiger partial charge in [0, 0.05) is 0 Å². The van der Waals surface area contributed by atoms with E-state index >= 15 is 0 Å². The van der Waals surface area contributed by atoms with Gasteiger partial charge in [0.1, 0.15) is 0 Å². The average Bonchev–Trinajstić information content (AvgIpc) is 3.65. The molecule has 7 rings (SSSR count). The van der Waals surface area contributed by atoms with Crippen LogP contribution in [0.4, 0.5) is 0 Å². The number of rotatable bonds is 4. The standard InChI is InChI=1S/C21H25.C17H11Cl.C5H5.2ClH.Zr/c1-20(2,3)16-7-9-18-14(12-16)11-15-13-17(21(4,5)6)8-10-19(15)18;18-16-9-3-5-13(12-16)11-15-8-4-7-14-6-1-2-10-17(14)15;1-2-4-5-3-1;;;/h7-13H,1-6H3;1-10,12H;1-3H,4H2;2*1H;/q;;;;;+2/p-2. The van der Waals surface area contributed by atoms with Gasteiger partial charge in [-0.2, -0.15) is 0 Å². The number of halogens is 3. The third kappa shape index (κ3) is 6.72. The van der Waals surface area contributed by atoms with Crippen LogP contribution in [0.2, 0.25) is 5.02 Å². The molecule has 0 radical (unpaired) electrons. The normalized spacial score (nSPS) is 14.2. The molecule has 0 saturated heterocycles. The SMILES string of the molecule is CC(C)(C)c1ccc2c(c1)[CH](/[Zr+2]([C]1=CC=CC1)=[C](/c1cccc(Cl)c1)c1cccc3ccccc13)c1cc(C(C)(C)C)ccc1-2.[Cl-].[Cl-]. The van der Waals surface area contributed by atoms with Crippen molar-refractivity contribution in [1.29, 1.82) is 0 Å². The maximum Gasteiger partial charge on any atom is -1.00 e. The summed E-state index contributed by atoms with van der Waals surface area (Å²) in [6.45, 7) is 14.0. The summed E-state index contributed by atoms with van der Waals surface area (Å²) in [4.78, 5) is 0. The topological polar surface area (TPSA) is 0 Å². The fourth-order valence-electron chi connectivity index (χ4n) is 7.19. The predicted octanol–water partition coefficient (Wildman–Crippen LogP) is 5.90. The number of benzene rings is 5. The molecule has 0 N–H and O–H groups in total. The van der Waals surface area contributed by atoms with Crippen LogP contribution in [0.3, 0.4) is 0 Å². The molecule has 0 amide bonds. The first-order valence-corrected chi connectivity index (χ1v) is 20.4. The van der Waals surface area contributed by atoms with Crippen molar-refractivity contribution in [3.63, 3.8) is 0 Å². The van der Waals surface area contributed by atoms with E-state index in [-0.39, 0.29) is 35.6 Å². The van der Waals surface area contributed by atoms with Crippen LogP contribution >= 0.6 is 11.6 Å². The minimum atomic E-state index is -2.88. The number of hydrogen-bond donors (Lipinski definition) is 0. The van der Waals surface area contributed by atoms with Gasteiger partial charge in [-0.1, -0.05) is 0 Å². The van der Waals surface area contributed by atoms with E-state index in [0.717, 1.165) is 11.4 Å². The molecule has 0 fully saturated rings. The van der Waals surface area contributed by atoms with Gasteiger partial charge in [0.05, 0.1) is 0 Å². The minimum Gasteiger partial charge on any atom is -1.00 e. The Morgan fingerprint density at radius 3 is 1.85 bits per heavy atom. The van der Waals surface area contributed by atoms with E-state index in [0.29, 0.717) is 3.63 Å². The molecule has 0 nitrogen and oxygen atoms in total. The van der Waals surface area contributed by atoms with Crippen LogP contribution < -0.4 is 24.8 Å². The fourth-order valence-corrected chi connectivity index (χ4v) is 16.4. The van der Waals surface area contributed by atoms with Gasteiger partial charge in [-0.05, 0) is 0 Å². The zero-order valence-electron chi connectivity index (χ0n) is 28.0. The van der Waals surface area contributed by atoms with E-state index in [1.807, 2.05) is 6.07 Å². The molecule has 0 spiro atoms. The minimum absolute atomic E-state index is 0. The van der Waals surface area contributed by atoms with Crippen molar-refractivity contribution < 1.29 is 46.1 Å². The number of hydrogen-bond acceptors (Lipinski definition) is 0. The van der Waals surface area contributed by atoms with Gasteiger partial charge in [-0.15, -0.1) is 0 Å². The van der Waals surface area contributed by atoms with Gasteiger partial charge < -0.3 is 24.8 Å². The molecule has 2 aliphatic carbocycles. The Kier molecular flexibility index (Phi) is 10.5. The maximum absolute atomic E-state index is 6.80. The summed E-state index contributed by atoms with van der Waals surface area (Å²) >= 11 is 3.93. The van der Waals surface area contributed by atoms with Crippen LogP contribution in [0.1, 0.15) is 85.0 Å². The number of allylic oxidation sites excluding steroid dienone is 4. The molecular formula is C43H41Cl3Zr. The van der Waals surface area contributed by atoms with E-state index < -0.39 is 21.3 Å². The first-order valence-electron chi connectivity index (χ1n) is 16.1. The summed E-state index contributed by atoms with van der Waals surface area (Å²) < 4.78 is 3.53. The monoisotopic (exact) mass is 752 g/mol. The van der Waals surface area contributed by atoms with Crippen LogP contribution in [0, 0.1) is 0 Å². The second kappa shape index (κ2) is 13.8. The quantitative estimate of drug-likeness (QED) is 0.215. The Balaban J connectivity index is 0.00000217. The largest absolute Gasteiger partial charge is 1.00 e. The van der Waals surface area contributed by atoms with Gasteiger partial charge in [-0.3, -0.25) is 0 Å². The summed E-state index contributed by atoms with van der Waals surface area (Å²) in [7, 11) is 0. The van der Waals surface area contributed by atoms with Gasteiger partial charge in [0.25, 0.3) is 0 Å². The molecule has 5 aromatic rings. The van der Waals surface area contributed by atoms with Crippen LogP contribution in [-0.2, 0) is 32.1 Å².